The maximum absolute atomic E-state index is 5.69. The second kappa shape index (κ2) is 9.00. The summed E-state index contributed by atoms with van der Waals surface area (Å²) >= 11 is 5.62. The summed E-state index contributed by atoms with van der Waals surface area (Å²) in [7, 11) is 1.55. The van der Waals surface area contributed by atoms with Gasteiger partial charge in [0.1, 0.15) is 0 Å². The average molecular weight is 225 g/mol. The summed E-state index contributed by atoms with van der Waals surface area (Å²) in [6.45, 7) is 4.11. The lowest BCUT2D eigenvalue weighted by Gasteiger charge is -2.19. The van der Waals surface area contributed by atoms with Gasteiger partial charge >= 0.3 is 0 Å². The van der Waals surface area contributed by atoms with E-state index >= 15 is 0 Å². The molecule has 2 atom stereocenters. The monoisotopic (exact) mass is 224 g/mol. The molecule has 0 aromatic carbocycles. The first-order chi connectivity index (χ1) is 6.24. The number of hydrogen-bond acceptors (Lipinski definition) is 2. The maximum atomic E-state index is 5.69. The fourth-order valence-corrected chi connectivity index (χ4v) is 3.48. The Balaban J connectivity index is 3.50. The largest absolute Gasteiger partial charge is 0.356 e. The second-order valence-electron chi connectivity index (χ2n) is 3.15. The van der Waals surface area contributed by atoms with Crippen LogP contribution < -0.4 is 0 Å². The van der Waals surface area contributed by atoms with Gasteiger partial charge in [-0.2, -0.15) is 0 Å². The van der Waals surface area contributed by atoms with E-state index < -0.39 is 0 Å². The van der Waals surface area contributed by atoms with Gasteiger partial charge in [-0.05, 0) is 19.8 Å². The Hall–Kier alpha value is 0.427. The number of ether oxygens (including phenoxy) is 2. The van der Waals surface area contributed by atoms with Crippen molar-refractivity contribution in [3.05, 3.63) is 0 Å². The molecule has 0 saturated heterocycles. The van der Waals surface area contributed by atoms with Gasteiger partial charge < -0.3 is 9.47 Å². The van der Waals surface area contributed by atoms with Crippen LogP contribution in [0, 0.1) is 0 Å². The molecular weight excluding hydrogens is 204 g/mol. The molecule has 0 amide bonds. The van der Waals surface area contributed by atoms with E-state index in [9.17, 15) is 0 Å². The summed E-state index contributed by atoms with van der Waals surface area (Å²) in [6, 6.07) is 1.28. The maximum Gasteiger partial charge on any atom is 0.154 e. The van der Waals surface area contributed by atoms with Gasteiger partial charge in [0, 0.05) is 18.7 Å². The van der Waals surface area contributed by atoms with Crippen molar-refractivity contribution in [1.82, 2.24) is 0 Å². The van der Waals surface area contributed by atoms with Crippen molar-refractivity contribution in [1.29, 1.82) is 0 Å². The fraction of sp³-hybridized carbons (Fsp3) is 1.00. The minimum Gasteiger partial charge on any atom is -0.356 e. The molecule has 0 rings (SSSR count). The van der Waals surface area contributed by atoms with Gasteiger partial charge in [-0.15, -0.1) is 11.6 Å². The predicted molar refractivity (Wildman–Crippen MR) is 60.3 cm³/mol. The Labute approximate surface area is 88.8 Å². The van der Waals surface area contributed by atoms with Gasteiger partial charge in [0.25, 0.3) is 0 Å². The van der Waals surface area contributed by atoms with E-state index in [1.54, 1.807) is 7.11 Å². The van der Waals surface area contributed by atoms with Crippen molar-refractivity contribution in [3.8, 4) is 0 Å². The molecule has 0 bridgehead atoms. The molecule has 0 saturated carbocycles. The Kier molecular flexibility index (Phi) is 9.30. The first kappa shape index (κ1) is 13.4. The number of rotatable bonds is 8. The zero-order chi connectivity index (χ0) is 10.1. The third-order valence-electron chi connectivity index (χ3n) is 2.08. The number of alkyl halides is 1. The lowest BCUT2D eigenvalue weighted by molar-refractivity contribution is -0.123. The van der Waals surface area contributed by atoms with Gasteiger partial charge in [-0.25, -0.2) is 0 Å². The van der Waals surface area contributed by atoms with E-state index in [1.807, 2.05) is 6.92 Å². The molecule has 2 unspecified atom stereocenters. The van der Waals surface area contributed by atoms with E-state index in [0.717, 1.165) is 18.7 Å². The molecule has 0 aliphatic heterocycles. The van der Waals surface area contributed by atoms with Gasteiger partial charge in [-0.3, -0.25) is 0 Å². The molecule has 4 heteroatoms. The summed E-state index contributed by atoms with van der Waals surface area (Å²) in [5.74, 6) is 0.781. The molecule has 0 aliphatic carbocycles. The smallest absolute Gasteiger partial charge is 0.154 e. The topological polar surface area (TPSA) is 18.5 Å². The third kappa shape index (κ3) is 7.49. The highest BCUT2D eigenvalue weighted by molar-refractivity contribution is 6.37. The van der Waals surface area contributed by atoms with Crippen molar-refractivity contribution >= 4 is 21.1 Å². The van der Waals surface area contributed by atoms with Crippen molar-refractivity contribution in [2.24, 2.45) is 0 Å². The van der Waals surface area contributed by atoms with E-state index in [2.05, 4.69) is 6.92 Å². The zero-order valence-electron chi connectivity index (χ0n) is 8.88. The highest BCUT2D eigenvalue weighted by Crippen LogP contribution is 2.05. The molecule has 0 heterocycles. The summed E-state index contributed by atoms with van der Waals surface area (Å²) in [6.07, 6.45) is 2.17. The van der Waals surface area contributed by atoms with Crippen LogP contribution >= 0.6 is 11.6 Å². The molecule has 0 spiro atoms. The van der Waals surface area contributed by atoms with Gasteiger partial charge in [-0.1, -0.05) is 13.0 Å². The molecule has 2 nitrogen and oxygen atoms in total. The highest BCUT2D eigenvalue weighted by Gasteiger charge is 2.10. The first-order valence-corrected chi connectivity index (χ1v) is 7.33. The average Bonchev–Trinajstić information content (AvgIpc) is 2.16. The molecule has 0 radical (unpaired) electrons. The fourth-order valence-electron chi connectivity index (χ4n) is 1.16. The quantitative estimate of drug-likeness (QED) is 0.272. The van der Waals surface area contributed by atoms with Crippen LogP contribution in [0.1, 0.15) is 26.7 Å². The van der Waals surface area contributed by atoms with Crippen molar-refractivity contribution < 1.29 is 9.47 Å². The third-order valence-corrected chi connectivity index (χ3v) is 4.67. The highest BCUT2D eigenvalue weighted by atomic mass is 35.5. The predicted octanol–water partition coefficient (Wildman–Crippen LogP) is 1.95. The van der Waals surface area contributed by atoms with E-state index in [0.29, 0.717) is 5.73 Å². The van der Waals surface area contributed by atoms with Crippen LogP contribution in [0.2, 0.25) is 6.04 Å². The van der Waals surface area contributed by atoms with Gasteiger partial charge in [0.2, 0.25) is 0 Å². The van der Waals surface area contributed by atoms with Crippen LogP contribution in [0.15, 0.2) is 0 Å². The number of hydrogen-bond donors (Lipinski definition) is 0. The molecule has 0 aromatic heterocycles. The van der Waals surface area contributed by atoms with Crippen LogP contribution in [0.4, 0.5) is 0 Å². The van der Waals surface area contributed by atoms with Gasteiger partial charge in [0.15, 0.2) is 6.29 Å². The Morgan fingerprint density at radius 2 is 2.15 bits per heavy atom. The van der Waals surface area contributed by atoms with Crippen LogP contribution in [0.3, 0.4) is 0 Å². The minimum atomic E-state index is -0.125. The molecular formula is C9H21ClO2Si. The molecule has 0 N–H and O–H groups in total. The normalized spacial score (nSPS) is 16.6. The summed E-state index contributed by atoms with van der Waals surface area (Å²) in [5.41, 5.74) is 0.457. The molecule has 0 aliphatic rings. The summed E-state index contributed by atoms with van der Waals surface area (Å²) in [4.78, 5) is 0. The lowest BCUT2D eigenvalue weighted by Crippen LogP contribution is -2.26. The minimum absolute atomic E-state index is 0.0616. The van der Waals surface area contributed by atoms with Crippen LogP contribution in [0.5, 0.6) is 0 Å². The lowest BCUT2D eigenvalue weighted by atomic mass is 10.5. The van der Waals surface area contributed by atoms with Crippen LogP contribution in [-0.4, -0.2) is 34.5 Å². The number of halogens is 1. The zero-order valence-corrected chi connectivity index (χ0v) is 11.1. The molecule has 0 fully saturated rings. The summed E-state index contributed by atoms with van der Waals surface area (Å²) < 4.78 is 10.8. The first-order valence-electron chi connectivity index (χ1n) is 4.98. The number of methoxy groups -OCH3 is 1. The van der Waals surface area contributed by atoms with E-state index in [-0.39, 0.29) is 15.8 Å². The molecule has 0 aromatic rings. The molecule has 80 valence electrons. The van der Waals surface area contributed by atoms with Crippen molar-refractivity contribution in [2.75, 3.05) is 13.0 Å². The SMILES string of the molecule is CCC(OC(C)OC)[SiH2]CCCCl. The van der Waals surface area contributed by atoms with E-state index in [4.69, 9.17) is 21.1 Å². The van der Waals surface area contributed by atoms with Crippen LogP contribution in [-0.2, 0) is 9.47 Å². The summed E-state index contributed by atoms with van der Waals surface area (Å²) in [5, 5.41) is 0. The van der Waals surface area contributed by atoms with Crippen LogP contribution in [0.25, 0.3) is 0 Å². The Bertz CT molecular complexity index is 114. The Morgan fingerprint density at radius 1 is 1.46 bits per heavy atom. The molecule has 13 heavy (non-hydrogen) atoms. The standard InChI is InChI=1S/C9H21ClO2Si/c1-4-9(12-8(2)11-3)13-7-5-6-10/h8-9H,4-7,13H2,1-3H3. The second-order valence-corrected chi connectivity index (χ2v) is 5.73. The van der Waals surface area contributed by atoms with Gasteiger partial charge in [0.05, 0.1) is 9.52 Å². The Morgan fingerprint density at radius 3 is 2.62 bits per heavy atom. The van der Waals surface area contributed by atoms with Crippen molar-refractivity contribution in [2.45, 2.75) is 44.8 Å². The van der Waals surface area contributed by atoms with Crippen molar-refractivity contribution in [3.63, 3.8) is 0 Å². The van der Waals surface area contributed by atoms with E-state index in [1.165, 1.54) is 6.04 Å².